The minimum atomic E-state index is -3.64. The third-order valence-corrected chi connectivity index (χ3v) is 5.69. The monoisotopic (exact) mass is 313 g/mol. The Balaban J connectivity index is 1.98. The summed E-state index contributed by atoms with van der Waals surface area (Å²) in [6, 6.07) is 3.07. The van der Waals surface area contributed by atoms with Crippen LogP contribution in [-0.2, 0) is 14.8 Å². The van der Waals surface area contributed by atoms with Gasteiger partial charge in [-0.25, -0.2) is 8.42 Å². The van der Waals surface area contributed by atoms with Gasteiger partial charge in [-0.05, 0) is 25.0 Å². The number of pyridine rings is 1. The normalized spacial score (nSPS) is 26.6. The quantitative estimate of drug-likeness (QED) is 0.806. The number of fused-ring (bicyclic) bond motifs is 2. The first kappa shape index (κ1) is 13.9. The zero-order chi connectivity index (χ0) is 14.3. The maximum Gasteiger partial charge on any atom is 0.245 e. The largest absolute Gasteiger partial charge is 0.388 e. The molecule has 2 aliphatic heterocycles. The van der Waals surface area contributed by atoms with E-state index in [9.17, 15) is 8.42 Å². The van der Waals surface area contributed by atoms with Crippen molar-refractivity contribution in [1.82, 2.24) is 9.29 Å². The summed E-state index contributed by atoms with van der Waals surface area (Å²) in [4.78, 5) is 4.05. The van der Waals surface area contributed by atoms with Crippen molar-refractivity contribution in [3.63, 3.8) is 0 Å². The lowest BCUT2D eigenvalue weighted by molar-refractivity contribution is -0.0114. The molecular formula is C12H15N3O3S2. The van der Waals surface area contributed by atoms with Crippen LogP contribution in [0.2, 0.25) is 0 Å². The molecule has 3 heterocycles. The molecule has 2 bridgehead atoms. The summed E-state index contributed by atoms with van der Waals surface area (Å²) in [6.45, 7) is 0.759. The third kappa shape index (κ3) is 2.32. The molecule has 1 aromatic rings. The molecule has 0 aromatic carbocycles. The lowest BCUT2D eigenvalue weighted by atomic mass is 10.2. The molecule has 2 unspecified atom stereocenters. The van der Waals surface area contributed by atoms with Crippen molar-refractivity contribution in [2.75, 3.05) is 13.1 Å². The van der Waals surface area contributed by atoms with Gasteiger partial charge in [-0.2, -0.15) is 4.31 Å². The number of sulfonamides is 1. The molecule has 0 amide bonds. The van der Waals surface area contributed by atoms with Gasteiger partial charge in [0, 0.05) is 19.3 Å². The van der Waals surface area contributed by atoms with Gasteiger partial charge in [0.1, 0.15) is 15.6 Å². The second kappa shape index (κ2) is 5.03. The van der Waals surface area contributed by atoms with E-state index in [1.165, 1.54) is 16.6 Å². The van der Waals surface area contributed by atoms with Crippen LogP contribution >= 0.6 is 12.2 Å². The molecule has 8 heteroatoms. The molecule has 2 aliphatic rings. The summed E-state index contributed by atoms with van der Waals surface area (Å²) in [5.41, 5.74) is 5.72. The number of morpholine rings is 1. The minimum absolute atomic E-state index is 0.00604. The Bertz CT molecular complexity index is 635. The fraction of sp³-hybridized carbons (Fsp3) is 0.500. The molecule has 0 aliphatic carbocycles. The van der Waals surface area contributed by atoms with Crippen molar-refractivity contribution in [3.05, 3.63) is 24.0 Å². The number of rotatable bonds is 3. The number of hydrogen-bond donors (Lipinski definition) is 1. The van der Waals surface area contributed by atoms with Crippen LogP contribution in [0.3, 0.4) is 0 Å². The number of nitrogens with two attached hydrogens (primary N) is 1. The smallest absolute Gasteiger partial charge is 0.245 e. The van der Waals surface area contributed by atoms with Gasteiger partial charge < -0.3 is 10.5 Å². The first-order chi connectivity index (χ1) is 9.48. The van der Waals surface area contributed by atoms with Gasteiger partial charge in [0.05, 0.1) is 12.2 Å². The number of thiocarbonyl (C=S) groups is 1. The van der Waals surface area contributed by atoms with Crippen LogP contribution in [0.1, 0.15) is 18.5 Å². The van der Waals surface area contributed by atoms with Crippen LogP contribution in [0, 0.1) is 0 Å². The average molecular weight is 313 g/mol. The average Bonchev–Trinajstić information content (AvgIpc) is 2.77. The molecule has 108 valence electrons. The van der Waals surface area contributed by atoms with E-state index in [0.717, 1.165) is 12.8 Å². The Hall–Kier alpha value is -1.09. The third-order valence-electron chi connectivity index (χ3n) is 3.63. The Morgan fingerprint density at radius 2 is 2.05 bits per heavy atom. The summed E-state index contributed by atoms with van der Waals surface area (Å²) < 4.78 is 32.6. The van der Waals surface area contributed by atoms with Gasteiger partial charge in [-0.1, -0.05) is 12.2 Å². The van der Waals surface area contributed by atoms with E-state index in [0.29, 0.717) is 13.1 Å². The van der Waals surface area contributed by atoms with E-state index < -0.39 is 10.0 Å². The predicted octanol–water partition coefficient (Wildman–Crippen LogP) is 0.268. The zero-order valence-electron chi connectivity index (χ0n) is 10.7. The molecule has 1 aromatic heterocycles. The van der Waals surface area contributed by atoms with Gasteiger partial charge in [0.25, 0.3) is 0 Å². The van der Waals surface area contributed by atoms with Crippen molar-refractivity contribution < 1.29 is 13.2 Å². The lowest BCUT2D eigenvalue weighted by Crippen LogP contribution is -2.46. The summed E-state index contributed by atoms with van der Waals surface area (Å²) in [5, 5.41) is 0. The first-order valence-electron chi connectivity index (χ1n) is 6.39. The van der Waals surface area contributed by atoms with Crippen LogP contribution in [0.5, 0.6) is 0 Å². The molecule has 0 radical (unpaired) electrons. The summed E-state index contributed by atoms with van der Waals surface area (Å²) >= 11 is 4.89. The fourth-order valence-corrected chi connectivity index (χ4v) is 4.58. The van der Waals surface area contributed by atoms with E-state index in [2.05, 4.69) is 4.98 Å². The highest BCUT2D eigenvalue weighted by Gasteiger charge is 2.40. The number of nitrogens with zero attached hydrogens (tertiary/aromatic N) is 2. The Morgan fingerprint density at radius 3 is 2.65 bits per heavy atom. The summed E-state index contributed by atoms with van der Waals surface area (Å²) in [5.74, 6) is 0. The van der Waals surface area contributed by atoms with Gasteiger partial charge in [0.15, 0.2) is 0 Å². The molecule has 2 atom stereocenters. The predicted molar refractivity (Wildman–Crippen MR) is 76.8 cm³/mol. The van der Waals surface area contributed by atoms with E-state index in [1.54, 1.807) is 6.07 Å². The van der Waals surface area contributed by atoms with Gasteiger partial charge >= 0.3 is 0 Å². The highest BCUT2D eigenvalue weighted by atomic mass is 32.2. The maximum atomic E-state index is 12.7. The molecule has 3 rings (SSSR count). The number of aromatic nitrogens is 1. The van der Waals surface area contributed by atoms with Crippen LogP contribution in [0.25, 0.3) is 0 Å². The van der Waals surface area contributed by atoms with Gasteiger partial charge in [-0.3, -0.25) is 4.98 Å². The second-order valence-corrected chi connectivity index (χ2v) is 7.34. The Kier molecular flexibility index (Phi) is 3.49. The second-order valence-electron chi connectivity index (χ2n) is 4.99. The molecule has 2 N–H and O–H groups in total. The van der Waals surface area contributed by atoms with Crippen molar-refractivity contribution in [1.29, 1.82) is 0 Å². The molecular weight excluding hydrogens is 298 g/mol. The van der Waals surface area contributed by atoms with Gasteiger partial charge in [-0.15, -0.1) is 0 Å². The molecule has 6 nitrogen and oxygen atoms in total. The summed E-state index contributed by atoms with van der Waals surface area (Å²) in [6.07, 6.45) is 3.29. The number of ether oxygens (including phenoxy) is 1. The van der Waals surface area contributed by atoms with E-state index in [-0.39, 0.29) is 27.8 Å². The molecule has 0 spiro atoms. The highest BCUT2D eigenvalue weighted by Crippen LogP contribution is 2.30. The van der Waals surface area contributed by atoms with Gasteiger partial charge in [0.2, 0.25) is 10.0 Å². The minimum Gasteiger partial charge on any atom is -0.388 e. The van der Waals surface area contributed by atoms with E-state index in [4.69, 9.17) is 22.7 Å². The van der Waals surface area contributed by atoms with Crippen LogP contribution < -0.4 is 5.73 Å². The SMILES string of the molecule is NC(=S)c1ncccc1S(=O)(=O)N1CC2CCC(C1)O2. The van der Waals surface area contributed by atoms with E-state index in [1.807, 2.05) is 0 Å². The molecule has 2 saturated heterocycles. The Labute approximate surface area is 123 Å². The van der Waals surface area contributed by atoms with Crippen molar-refractivity contribution in [2.24, 2.45) is 5.73 Å². The lowest BCUT2D eigenvalue weighted by Gasteiger charge is -2.31. The fourth-order valence-electron chi connectivity index (χ4n) is 2.70. The van der Waals surface area contributed by atoms with Crippen LogP contribution in [-0.4, -0.2) is 48.0 Å². The maximum absolute atomic E-state index is 12.7. The molecule has 0 saturated carbocycles. The Morgan fingerprint density at radius 1 is 1.40 bits per heavy atom. The topological polar surface area (TPSA) is 85.5 Å². The van der Waals surface area contributed by atoms with Crippen molar-refractivity contribution in [2.45, 2.75) is 29.9 Å². The van der Waals surface area contributed by atoms with Crippen molar-refractivity contribution in [3.8, 4) is 0 Å². The van der Waals surface area contributed by atoms with Crippen LogP contribution in [0.4, 0.5) is 0 Å². The molecule has 2 fully saturated rings. The highest BCUT2D eigenvalue weighted by molar-refractivity contribution is 7.89. The van der Waals surface area contributed by atoms with E-state index >= 15 is 0 Å². The molecule has 20 heavy (non-hydrogen) atoms. The standard InChI is InChI=1S/C12H15N3O3S2/c13-12(19)11-10(2-1-5-14-11)20(16,17)15-6-8-3-4-9(7-15)18-8/h1-2,5,8-9H,3-4,6-7H2,(H2,13,19). The first-order valence-corrected chi connectivity index (χ1v) is 8.24. The number of hydrogen-bond acceptors (Lipinski definition) is 5. The summed E-state index contributed by atoms with van der Waals surface area (Å²) in [7, 11) is -3.64. The van der Waals surface area contributed by atoms with Crippen molar-refractivity contribution >= 4 is 27.2 Å². The van der Waals surface area contributed by atoms with Crippen LogP contribution in [0.15, 0.2) is 23.2 Å². The zero-order valence-corrected chi connectivity index (χ0v) is 12.4.